The summed E-state index contributed by atoms with van der Waals surface area (Å²) in [4.78, 5) is 4.70. The number of unbranched alkanes of at least 4 members (excludes halogenated alkanes) is 5. The Hall–Kier alpha value is -3.92. The summed E-state index contributed by atoms with van der Waals surface area (Å²) in [6, 6.07) is 5.97. The van der Waals surface area contributed by atoms with Crippen molar-refractivity contribution in [2.45, 2.75) is 98.8 Å². The zero-order chi connectivity index (χ0) is 32.4. The number of aromatic amines is 1. The highest BCUT2D eigenvalue weighted by atomic mass is 16.5. The van der Waals surface area contributed by atoms with Crippen molar-refractivity contribution in [3.05, 3.63) is 119 Å². The van der Waals surface area contributed by atoms with Gasteiger partial charge in [0.05, 0.1) is 24.1 Å². The average molecular weight is 606 g/mol. The summed E-state index contributed by atoms with van der Waals surface area (Å²) in [7, 11) is 1.64. The number of H-pyrrole nitrogens is 1. The molecule has 1 N–H and O–H groups in total. The van der Waals surface area contributed by atoms with E-state index in [2.05, 4.69) is 105 Å². The number of nitrogens with one attached hydrogen (secondary N) is 1. The van der Waals surface area contributed by atoms with Gasteiger partial charge in [0.25, 0.3) is 0 Å². The Morgan fingerprint density at radius 1 is 1.02 bits per heavy atom. The second-order valence-electron chi connectivity index (χ2n) is 12.3. The molecule has 0 aliphatic heterocycles. The van der Waals surface area contributed by atoms with Crippen LogP contribution in [-0.2, 0) is 0 Å². The third-order valence-electron chi connectivity index (χ3n) is 8.02. The molecule has 0 radical (unpaired) electrons. The van der Waals surface area contributed by atoms with Crippen LogP contribution >= 0.6 is 0 Å². The third-order valence-corrected chi connectivity index (χ3v) is 8.02. The van der Waals surface area contributed by atoms with Crippen LogP contribution in [0.3, 0.4) is 0 Å². The number of hydrogen-bond acceptors (Lipinski definition) is 3. The van der Waals surface area contributed by atoms with E-state index in [1.54, 1.807) is 12.7 Å². The summed E-state index contributed by atoms with van der Waals surface area (Å²) < 4.78 is 5.61. The fourth-order valence-electron chi connectivity index (χ4n) is 5.55. The molecule has 0 atom stereocenters. The second kappa shape index (κ2) is 19.5. The first-order valence-corrected chi connectivity index (χ1v) is 16.9. The van der Waals surface area contributed by atoms with Gasteiger partial charge in [0.15, 0.2) is 0 Å². The Morgan fingerprint density at radius 2 is 1.82 bits per heavy atom. The number of pyridine rings is 1. The van der Waals surface area contributed by atoms with Crippen molar-refractivity contribution in [1.29, 1.82) is 0 Å². The number of methoxy groups -OCH3 is 1. The quantitative estimate of drug-likeness (QED) is 0.144. The SMILES string of the molecule is C=C1\C=C/C(c2c(OC)n[nH]c2-c2cccc(C)n2)=C/C=C/C1=C/C(=C\C)C/C=C/CCCCCC/C(=C\C(C)C)CCCC. The van der Waals surface area contributed by atoms with E-state index in [4.69, 9.17) is 9.72 Å². The fourth-order valence-corrected chi connectivity index (χ4v) is 5.55. The van der Waals surface area contributed by atoms with Gasteiger partial charge in [-0.15, -0.1) is 5.10 Å². The van der Waals surface area contributed by atoms with Crippen LogP contribution in [0.1, 0.15) is 103 Å². The highest BCUT2D eigenvalue weighted by Crippen LogP contribution is 2.35. The number of aryl methyl sites for hydroxylation is 1. The smallest absolute Gasteiger partial charge is 0.240 e. The first-order chi connectivity index (χ1) is 21.9. The minimum atomic E-state index is 0.540. The summed E-state index contributed by atoms with van der Waals surface area (Å²) in [6.45, 7) is 15.3. The maximum absolute atomic E-state index is 5.61. The predicted molar refractivity (Wildman–Crippen MR) is 194 cm³/mol. The van der Waals surface area contributed by atoms with E-state index >= 15 is 0 Å². The molecule has 45 heavy (non-hydrogen) atoms. The number of ether oxygens (including phenoxy) is 1. The third kappa shape index (κ3) is 11.8. The molecule has 0 fully saturated rings. The van der Waals surface area contributed by atoms with E-state index in [1.807, 2.05) is 25.1 Å². The lowest BCUT2D eigenvalue weighted by molar-refractivity contribution is 0.396. The van der Waals surface area contributed by atoms with Crippen molar-refractivity contribution in [1.82, 2.24) is 15.2 Å². The van der Waals surface area contributed by atoms with Crippen LogP contribution in [0.5, 0.6) is 5.88 Å². The van der Waals surface area contributed by atoms with E-state index in [0.29, 0.717) is 11.8 Å². The van der Waals surface area contributed by atoms with E-state index in [0.717, 1.165) is 52.2 Å². The van der Waals surface area contributed by atoms with Crippen molar-refractivity contribution in [3.63, 3.8) is 0 Å². The molecule has 240 valence electrons. The van der Waals surface area contributed by atoms with Gasteiger partial charge in [-0.3, -0.25) is 10.1 Å². The molecule has 3 rings (SSSR count). The van der Waals surface area contributed by atoms with E-state index in [-0.39, 0.29) is 0 Å². The molecular weight excluding hydrogens is 550 g/mol. The van der Waals surface area contributed by atoms with Crippen molar-refractivity contribution < 1.29 is 4.74 Å². The summed E-state index contributed by atoms with van der Waals surface area (Å²) in [5, 5.41) is 7.53. The molecule has 2 aromatic heterocycles. The summed E-state index contributed by atoms with van der Waals surface area (Å²) in [5.41, 5.74) is 9.50. The lowest BCUT2D eigenvalue weighted by Crippen LogP contribution is -1.94. The molecule has 0 amide bonds. The lowest BCUT2D eigenvalue weighted by Gasteiger charge is -2.10. The zero-order valence-corrected chi connectivity index (χ0v) is 28.7. The van der Waals surface area contributed by atoms with Crippen LogP contribution in [0, 0.1) is 12.8 Å². The van der Waals surface area contributed by atoms with Crippen LogP contribution in [0.25, 0.3) is 17.0 Å². The van der Waals surface area contributed by atoms with Gasteiger partial charge in [-0.05, 0) is 99.1 Å². The van der Waals surface area contributed by atoms with Crippen LogP contribution < -0.4 is 4.74 Å². The summed E-state index contributed by atoms with van der Waals surface area (Å²) in [6.07, 6.45) is 34.5. The molecule has 4 heteroatoms. The Morgan fingerprint density at radius 3 is 2.56 bits per heavy atom. The minimum absolute atomic E-state index is 0.540. The zero-order valence-electron chi connectivity index (χ0n) is 28.7. The first kappa shape index (κ1) is 35.6. The number of nitrogens with zero attached hydrogens (tertiary/aromatic N) is 2. The Balaban J connectivity index is 1.55. The standard InChI is InChI=1S/C41H55N3O/c1-8-10-21-35(29-31(3)4)23-17-15-13-11-12-14-16-22-34(9-2)30-37-25-19-24-36(28-27-32(37)5)39-40(43-44-41(39)45-7)38-26-18-20-33(6)42-38/h9,14,16,18-20,24-31H,5,8,10-13,15,17,21-23H2,1-4,6-7H3,(H,43,44)/b16-14+,25-19+,28-27-,34-9-,35-29-,36-24-,37-30-. The highest BCUT2D eigenvalue weighted by molar-refractivity contribution is 5.87. The Labute approximate surface area is 273 Å². The fraction of sp³-hybridized carbons (Fsp3) is 0.415. The van der Waals surface area contributed by atoms with Crippen molar-refractivity contribution in [2.24, 2.45) is 5.92 Å². The molecule has 0 saturated heterocycles. The van der Waals surface area contributed by atoms with Gasteiger partial charge in [0.2, 0.25) is 5.88 Å². The van der Waals surface area contributed by atoms with Crippen molar-refractivity contribution in [3.8, 4) is 17.3 Å². The molecule has 0 unspecified atom stereocenters. The van der Waals surface area contributed by atoms with Crippen LogP contribution in [0.2, 0.25) is 0 Å². The lowest BCUT2D eigenvalue weighted by atomic mass is 9.96. The predicted octanol–water partition coefficient (Wildman–Crippen LogP) is 11.8. The van der Waals surface area contributed by atoms with Gasteiger partial charge >= 0.3 is 0 Å². The molecule has 2 aromatic rings. The number of allylic oxidation sites excluding steroid dienone is 15. The highest BCUT2D eigenvalue weighted by Gasteiger charge is 2.19. The van der Waals surface area contributed by atoms with Crippen LogP contribution in [0.15, 0.2) is 108 Å². The number of hydrogen-bond donors (Lipinski definition) is 1. The molecule has 0 bridgehead atoms. The molecule has 0 aromatic carbocycles. The van der Waals surface area contributed by atoms with Gasteiger partial charge in [-0.25, -0.2) is 0 Å². The van der Waals surface area contributed by atoms with Gasteiger partial charge in [-0.1, -0.05) is 119 Å². The molecule has 0 spiro atoms. The molecule has 2 heterocycles. The Bertz CT molecular complexity index is 1460. The molecule has 1 aliphatic rings. The monoisotopic (exact) mass is 605 g/mol. The van der Waals surface area contributed by atoms with Crippen LogP contribution in [0.4, 0.5) is 0 Å². The summed E-state index contributed by atoms with van der Waals surface area (Å²) in [5.74, 6) is 1.20. The normalized spacial score (nSPS) is 17.9. The Kier molecular flexibility index (Phi) is 15.4. The van der Waals surface area contributed by atoms with E-state index in [9.17, 15) is 0 Å². The first-order valence-electron chi connectivity index (χ1n) is 16.9. The van der Waals surface area contributed by atoms with Gasteiger partial charge in [-0.2, -0.15) is 0 Å². The van der Waals surface area contributed by atoms with E-state index < -0.39 is 0 Å². The second-order valence-corrected chi connectivity index (χ2v) is 12.3. The topological polar surface area (TPSA) is 50.8 Å². The molecular formula is C41H55N3O. The van der Waals surface area contributed by atoms with Gasteiger partial charge in [0.1, 0.15) is 0 Å². The minimum Gasteiger partial charge on any atom is -0.479 e. The average Bonchev–Trinajstić information content (AvgIpc) is 3.45. The van der Waals surface area contributed by atoms with Gasteiger partial charge in [0, 0.05) is 5.69 Å². The number of aromatic nitrogens is 3. The van der Waals surface area contributed by atoms with Crippen molar-refractivity contribution >= 4 is 5.57 Å². The van der Waals surface area contributed by atoms with Crippen molar-refractivity contribution in [2.75, 3.05) is 7.11 Å². The van der Waals surface area contributed by atoms with Crippen LogP contribution in [-0.4, -0.2) is 22.3 Å². The van der Waals surface area contributed by atoms with Gasteiger partial charge < -0.3 is 4.74 Å². The molecule has 4 nitrogen and oxygen atoms in total. The molecule has 1 aliphatic carbocycles. The van der Waals surface area contributed by atoms with E-state index in [1.165, 1.54) is 56.9 Å². The molecule has 0 saturated carbocycles. The maximum atomic E-state index is 5.61. The largest absolute Gasteiger partial charge is 0.479 e. The maximum Gasteiger partial charge on any atom is 0.240 e. The summed E-state index contributed by atoms with van der Waals surface area (Å²) >= 11 is 0. The number of rotatable bonds is 17.